The summed E-state index contributed by atoms with van der Waals surface area (Å²) in [7, 11) is 0.483. The van der Waals surface area contributed by atoms with Crippen LogP contribution in [0.2, 0.25) is 25.7 Å². The number of rotatable bonds is 8. The van der Waals surface area contributed by atoms with Crippen LogP contribution in [0.5, 0.6) is 5.88 Å². The summed E-state index contributed by atoms with van der Waals surface area (Å²) in [5.41, 5.74) is 2.23. The number of nitrogens with zero attached hydrogens (tertiary/aromatic N) is 2. The maximum Gasteiger partial charge on any atom is 0.213 e. The van der Waals surface area contributed by atoms with Gasteiger partial charge in [-0.2, -0.15) is 0 Å². The van der Waals surface area contributed by atoms with E-state index in [1.807, 2.05) is 6.07 Å². The summed E-state index contributed by atoms with van der Waals surface area (Å²) in [5, 5.41) is 9.54. The highest BCUT2D eigenvalue weighted by Gasteiger charge is 2.14. The Hall–Kier alpha value is -1.70. The number of H-pyrrole nitrogens is 1. The third kappa shape index (κ3) is 5.16. The lowest BCUT2D eigenvalue weighted by Gasteiger charge is -2.14. The van der Waals surface area contributed by atoms with Crippen molar-refractivity contribution in [3.05, 3.63) is 29.8 Å². The summed E-state index contributed by atoms with van der Waals surface area (Å²) in [5.74, 6) is 1.23. The molecule has 2 aromatic heterocycles. The van der Waals surface area contributed by atoms with E-state index in [2.05, 4.69) is 34.6 Å². The van der Waals surface area contributed by atoms with Crippen LogP contribution in [0.15, 0.2) is 18.3 Å². The number of imidazole rings is 1. The van der Waals surface area contributed by atoms with E-state index in [1.54, 1.807) is 19.4 Å². The Morgan fingerprint density at radius 3 is 2.74 bits per heavy atom. The van der Waals surface area contributed by atoms with Crippen molar-refractivity contribution in [3.63, 3.8) is 0 Å². The normalized spacial score (nSPS) is 11.7. The predicted octanol–water partition coefficient (Wildman–Crippen LogP) is 2.83. The number of hydrogen-bond acceptors (Lipinski definition) is 5. The molecule has 0 unspecified atom stereocenters. The van der Waals surface area contributed by atoms with E-state index in [-0.39, 0.29) is 6.61 Å². The van der Waals surface area contributed by atoms with Crippen LogP contribution in [0, 0.1) is 0 Å². The van der Waals surface area contributed by atoms with E-state index < -0.39 is 8.07 Å². The van der Waals surface area contributed by atoms with Gasteiger partial charge in [0.1, 0.15) is 12.4 Å². The van der Waals surface area contributed by atoms with Gasteiger partial charge in [0, 0.05) is 32.5 Å². The zero-order valence-corrected chi connectivity index (χ0v) is 15.2. The van der Waals surface area contributed by atoms with E-state index in [0.717, 1.165) is 24.0 Å². The monoisotopic (exact) mass is 335 g/mol. The minimum absolute atomic E-state index is 0.109. The zero-order chi connectivity index (χ0) is 16.9. The SMILES string of the molecule is COc1cc(-c2nc(COCC[Si](C)(C)C)[nH]c2CO)ccn1. The first-order chi connectivity index (χ1) is 10.9. The molecule has 0 fully saturated rings. The quantitative estimate of drug-likeness (QED) is 0.573. The van der Waals surface area contributed by atoms with Crippen molar-refractivity contribution >= 4 is 8.07 Å². The van der Waals surface area contributed by atoms with Crippen LogP contribution in [-0.4, -0.2) is 41.8 Å². The Morgan fingerprint density at radius 2 is 2.09 bits per heavy atom. The van der Waals surface area contributed by atoms with Gasteiger partial charge >= 0.3 is 0 Å². The van der Waals surface area contributed by atoms with E-state index in [4.69, 9.17) is 9.47 Å². The minimum Gasteiger partial charge on any atom is -0.481 e. The maximum absolute atomic E-state index is 9.54. The van der Waals surface area contributed by atoms with E-state index in [1.165, 1.54) is 0 Å². The zero-order valence-electron chi connectivity index (χ0n) is 14.2. The molecule has 6 nitrogen and oxygen atoms in total. The number of aliphatic hydroxyl groups excluding tert-OH is 1. The second-order valence-electron chi connectivity index (χ2n) is 6.62. The van der Waals surface area contributed by atoms with Crippen molar-refractivity contribution in [1.29, 1.82) is 0 Å². The van der Waals surface area contributed by atoms with Crippen LogP contribution in [0.4, 0.5) is 0 Å². The molecule has 0 aliphatic heterocycles. The minimum atomic E-state index is -1.09. The molecule has 0 spiro atoms. The van der Waals surface area contributed by atoms with Crippen LogP contribution in [0.25, 0.3) is 11.3 Å². The molecule has 0 saturated heterocycles. The molecule has 2 heterocycles. The third-order valence-corrected chi connectivity index (χ3v) is 5.14. The Labute approximate surface area is 137 Å². The average molecular weight is 335 g/mol. The third-order valence-electron chi connectivity index (χ3n) is 3.44. The van der Waals surface area contributed by atoms with Gasteiger partial charge in [-0.3, -0.25) is 0 Å². The summed E-state index contributed by atoms with van der Waals surface area (Å²) in [6, 6.07) is 4.76. The first-order valence-electron chi connectivity index (χ1n) is 7.69. The lowest BCUT2D eigenvalue weighted by atomic mass is 10.1. The molecule has 2 N–H and O–H groups in total. The molecule has 0 aliphatic rings. The fraction of sp³-hybridized carbons (Fsp3) is 0.500. The molecule has 0 saturated carbocycles. The summed E-state index contributed by atoms with van der Waals surface area (Å²) >= 11 is 0. The standard InChI is InChI=1S/C16H25N3O3Si/c1-21-15-9-12(5-6-17-15)16-13(10-20)18-14(19-16)11-22-7-8-23(2,3)4/h5-6,9,20H,7-8,10-11H2,1-4H3,(H,18,19). The van der Waals surface area contributed by atoms with Gasteiger partial charge in [-0.1, -0.05) is 19.6 Å². The molecule has 0 bridgehead atoms. The largest absolute Gasteiger partial charge is 0.481 e. The van der Waals surface area contributed by atoms with Crippen molar-refractivity contribution < 1.29 is 14.6 Å². The van der Waals surface area contributed by atoms with Crippen molar-refractivity contribution in [2.45, 2.75) is 38.9 Å². The molecule has 0 aromatic carbocycles. The number of aromatic nitrogens is 3. The number of nitrogens with one attached hydrogen (secondary N) is 1. The molecule has 23 heavy (non-hydrogen) atoms. The van der Waals surface area contributed by atoms with E-state index >= 15 is 0 Å². The van der Waals surface area contributed by atoms with Crippen LogP contribution >= 0.6 is 0 Å². The Morgan fingerprint density at radius 1 is 1.30 bits per heavy atom. The number of aliphatic hydroxyl groups is 1. The molecule has 7 heteroatoms. The molecular weight excluding hydrogens is 310 g/mol. The van der Waals surface area contributed by atoms with Gasteiger partial charge in [0.2, 0.25) is 5.88 Å². The lowest BCUT2D eigenvalue weighted by molar-refractivity contribution is 0.128. The molecule has 0 atom stereocenters. The number of methoxy groups -OCH3 is 1. The van der Waals surface area contributed by atoms with Crippen LogP contribution < -0.4 is 4.74 Å². The van der Waals surface area contributed by atoms with Gasteiger partial charge in [0.25, 0.3) is 0 Å². The first kappa shape index (κ1) is 17.6. The molecule has 2 aromatic rings. The molecule has 126 valence electrons. The van der Waals surface area contributed by atoms with E-state index in [9.17, 15) is 5.11 Å². The molecule has 0 amide bonds. The Balaban J connectivity index is 2.08. The number of ether oxygens (including phenoxy) is 2. The fourth-order valence-electron chi connectivity index (χ4n) is 2.10. The topological polar surface area (TPSA) is 80.3 Å². The summed E-state index contributed by atoms with van der Waals surface area (Å²) in [4.78, 5) is 11.8. The highest BCUT2D eigenvalue weighted by Crippen LogP contribution is 2.24. The average Bonchev–Trinajstić information content (AvgIpc) is 2.94. The van der Waals surface area contributed by atoms with Gasteiger partial charge in [0.15, 0.2) is 0 Å². The molecule has 0 radical (unpaired) electrons. The highest BCUT2D eigenvalue weighted by molar-refractivity contribution is 6.76. The van der Waals surface area contributed by atoms with Gasteiger partial charge in [0.05, 0.1) is 25.1 Å². The van der Waals surface area contributed by atoms with Gasteiger partial charge in [-0.25, -0.2) is 9.97 Å². The summed E-state index contributed by atoms with van der Waals surface area (Å²) < 4.78 is 10.8. The van der Waals surface area contributed by atoms with Gasteiger partial charge in [-0.05, 0) is 12.1 Å². The number of aromatic amines is 1. The van der Waals surface area contributed by atoms with Crippen LogP contribution in [-0.2, 0) is 18.0 Å². The summed E-state index contributed by atoms with van der Waals surface area (Å²) in [6.45, 7) is 8.01. The molecular formula is C16H25N3O3Si. The first-order valence-corrected chi connectivity index (χ1v) is 11.4. The van der Waals surface area contributed by atoms with Gasteiger partial charge in [-0.15, -0.1) is 0 Å². The Kier molecular flexibility index (Phi) is 5.92. The van der Waals surface area contributed by atoms with Crippen LogP contribution in [0.1, 0.15) is 11.5 Å². The predicted molar refractivity (Wildman–Crippen MR) is 92.1 cm³/mol. The second kappa shape index (κ2) is 7.72. The summed E-state index contributed by atoms with van der Waals surface area (Å²) in [6.07, 6.45) is 1.66. The lowest BCUT2D eigenvalue weighted by Crippen LogP contribution is -2.21. The van der Waals surface area contributed by atoms with Crippen molar-refractivity contribution in [3.8, 4) is 17.1 Å². The van der Waals surface area contributed by atoms with Gasteiger partial charge < -0.3 is 19.6 Å². The maximum atomic E-state index is 9.54. The smallest absolute Gasteiger partial charge is 0.213 e. The Bertz CT molecular complexity index is 638. The van der Waals surface area contributed by atoms with Crippen LogP contribution in [0.3, 0.4) is 0 Å². The van der Waals surface area contributed by atoms with E-state index in [0.29, 0.717) is 23.9 Å². The van der Waals surface area contributed by atoms with Crippen molar-refractivity contribution in [2.75, 3.05) is 13.7 Å². The molecule has 2 rings (SSSR count). The van der Waals surface area contributed by atoms with Crippen molar-refractivity contribution in [1.82, 2.24) is 15.0 Å². The highest BCUT2D eigenvalue weighted by atomic mass is 28.3. The van der Waals surface area contributed by atoms with Crippen molar-refractivity contribution in [2.24, 2.45) is 0 Å². The molecule has 0 aliphatic carbocycles. The fourth-order valence-corrected chi connectivity index (χ4v) is 2.86. The number of pyridine rings is 1. The second-order valence-corrected chi connectivity index (χ2v) is 12.2. The number of hydrogen-bond donors (Lipinski definition) is 2.